The van der Waals surface area contributed by atoms with E-state index in [1.165, 1.54) is 0 Å². The molecular formula is C26H26N3O2P. The Morgan fingerprint density at radius 3 is 1.91 bits per heavy atom. The van der Waals surface area contributed by atoms with Gasteiger partial charge in [-0.05, 0) is 35.9 Å². The molecule has 0 aliphatic heterocycles. The highest BCUT2D eigenvalue weighted by molar-refractivity contribution is 7.76. The van der Waals surface area contributed by atoms with Gasteiger partial charge in [0.15, 0.2) is 0 Å². The minimum atomic E-state index is -3.23. The molecule has 0 aliphatic carbocycles. The van der Waals surface area contributed by atoms with Gasteiger partial charge in [0, 0.05) is 22.9 Å². The van der Waals surface area contributed by atoms with E-state index in [-0.39, 0.29) is 0 Å². The SMILES string of the molecule is COc1ccnc(C(N)C(NP(=O)(c2ccccc2)c2ccccc2)c2ccccc2)c1. The molecule has 3 aromatic carbocycles. The lowest BCUT2D eigenvalue weighted by molar-refractivity contribution is 0.411. The molecule has 4 rings (SSSR count). The van der Waals surface area contributed by atoms with Crippen LogP contribution in [0, 0.1) is 0 Å². The second-order valence-electron chi connectivity index (χ2n) is 7.44. The summed E-state index contributed by atoms with van der Waals surface area (Å²) in [5.41, 5.74) is 8.34. The third-order valence-electron chi connectivity index (χ3n) is 5.41. The summed E-state index contributed by atoms with van der Waals surface area (Å²) >= 11 is 0. The monoisotopic (exact) mass is 443 g/mol. The minimum Gasteiger partial charge on any atom is -0.497 e. The van der Waals surface area contributed by atoms with Gasteiger partial charge in [0.2, 0.25) is 7.29 Å². The third kappa shape index (κ3) is 4.66. The van der Waals surface area contributed by atoms with Gasteiger partial charge in [-0.25, -0.2) is 0 Å². The first kappa shape index (κ1) is 22.0. The topological polar surface area (TPSA) is 77.2 Å². The molecule has 0 saturated carbocycles. The third-order valence-corrected chi connectivity index (χ3v) is 8.10. The van der Waals surface area contributed by atoms with E-state index in [1.807, 2.05) is 97.1 Å². The fourth-order valence-electron chi connectivity index (χ4n) is 3.70. The van der Waals surface area contributed by atoms with Gasteiger partial charge >= 0.3 is 0 Å². The van der Waals surface area contributed by atoms with Crippen LogP contribution in [0.2, 0.25) is 0 Å². The van der Waals surface area contributed by atoms with Gasteiger partial charge in [0.1, 0.15) is 5.75 Å². The zero-order chi connectivity index (χ0) is 22.4. The summed E-state index contributed by atoms with van der Waals surface area (Å²) in [5, 5.41) is 4.91. The summed E-state index contributed by atoms with van der Waals surface area (Å²) in [6.07, 6.45) is 1.67. The van der Waals surface area contributed by atoms with Crippen molar-refractivity contribution in [2.75, 3.05) is 7.11 Å². The molecule has 0 spiro atoms. The van der Waals surface area contributed by atoms with Crippen molar-refractivity contribution in [3.05, 3.63) is 121 Å². The number of ether oxygens (including phenoxy) is 1. The van der Waals surface area contributed by atoms with E-state index in [0.717, 1.165) is 16.2 Å². The summed E-state index contributed by atoms with van der Waals surface area (Å²) in [6.45, 7) is 0. The van der Waals surface area contributed by atoms with Crippen molar-refractivity contribution >= 4 is 17.9 Å². The van der Waals surface area contributed by atoms with Crippen LogP contribution in [-0.2, 0) is 4.57 Å². The highest BCUT2D eigenvalue weighted by Gasteiger charge is 2.34. The Balaban J connectivity index is 1.82. The van der Waals surface area contributed by atoms with Crippen molar-refractivity contribution in [1.29, 1.82) is 0 Å². The van der Waals surface area contributed by atoms with E-state index in [9.17, 15) is 4.57 Å². The highest BCUT2D eigenvalue weighted by atomic mass is 31.2. The van der Waals surface area contributed by atoms with Gasteiger partial charge in [-0.15, -0.1) is 0 Å². The zero-order valence-corrected chi connectivity index (χ0v) is 18.7. The first-order chi connectivity index (χ1) is 15.6. The van der Waals surface area contributed by atoms with Crippen LogP contribution >= 0.6 is 7.29 Å². The molecule has 3 N–H and O–H groups in total. The molecule has 5 nitrogen and oxygen atoms in total. The Morgan fingerprint density at radius 2 is 1.38 bits per heavy atom. The average molecular weight is 443 g/mol. The summed E-state index contributed by atoms with van der Waals surface area (Å²) in [6, 6.07) is 31.4. The van der Waals surface area contributed by atoms with Gasteiger partial charge < -0.3 is 10.5 Å². The van der Waals surface area contributed by atoms with E-state index in [2.05, 4.69) is 10.1 Å². The standard InChI is InChI=1S/C26H26N3O2P/c1-31-21-17-18-28-24(19-21)25(27)26(20-11-5-2-6-12-20)29-32(30,22-13-7-3-8-14-22)23-15-9-4-10-16-23/h2-19,25-26H,27H2,1H3,(H,29,30). The van der Waals surface area contributed by atoms with Gasteiger partial charge in [0.25, 0.3) is 0 Å². The Labute approximate surface area is 188 Å². The molecule has 162 valence electrons. The molecule has 4 aromatic rings. The maximum atomic E-state index is 14.6. The molecule has 0 aliphatic rings. The number of hydrogen-bond donors (Lipinski definition) is 2. The highest BCUT2D eigenvalue weighted by Crippen LogP contribution is 2.44. The van der Waals surface area contributed by atoms with Crippen LogP contribution in [0.3, 0.4) is 0 Å². The first-order valence-electron chi connectivity index (χ1n) is 10.4. The molecule has 2 atom stereocenters. The number of benzene rings is 3. The van der Waals surface area contributed by atoms with E-state index >= 15 is 0 Å². The summed E-state index contributed by atoms with van der Waals surface area (Å²) in [5.74, 6) is 0.673. The van der Waals surface area contributed by atoms with Crippen molar-refractivity contribution in [3.63, 3.8) is 0 Å². The molecule has 32 heavy (non-hydrogen) atoms. The lowest BCUT2D eigenvalue weighted by Gasteiger charge is -2.31. The first-order valence-corrected chi connectivity index (χ1v) is 12.1. The Kier molecular flexibility index (Phi) is 6.81. The maximum Gasteiger partial charge on any atom is 0.205 e. The van der Waals surface area contributed by atoms with Crippen molar-refractivity contribution in [2.45, 2.75) is 12.1 Å². The van der Waals surface area contributed by atoms with Crippen molar-refractivity contribution in [1.82, 2.24) is 10.1 Å². The summed E-state index contributed by atoms with van der Waals surface area (Å²) in [4.78, 5) is 4.47. The van der Waals surface area contributed by atoms with Crippen molar-refractivity contribution < 1.29 is 9.30 Å². The quantitative estimate of drug-likeness (QED) is 0.396. The number of aromatic nitrogens is 1. The van der Waals surface area contributed by atoms with Gasteiger partial charge in [-0.3, -0.25) is 14.6 Å². The van der Waals surface area contributed by atoms with E-state index in [4.69, 9.17) is 10.5 Å². The van der Waals surface area contributed by atoms with Crippen LogP contribution in [0.4, 0.5) is 0 Å². The fraction of sp³-hybridized carbons (Fsp3) is 0.115. The fourth-order valence-corrected chi connectivity index (χ4v) is 6.18. The van der Waals surface area contributed by atoms with Gasteiger partial charge in [-0.2, -0.15) is 0 Å². The number of methoxy groups -OCH3 is 1. The molecule has 0 radical (unpaired) electrons. The largest absolute Gasteiger partial charge is 0.497 e. The summed E-state index contributed by atoms with van der Waals surface area (Å²) in [7, 11) is -1.62. The van der Waals surface area contributed by atoms with Crippen LogP contribution in [0.1, 0.15) is 23.3 Å². The molecular weight excluding hydrogens is 417 g/mol. The lowest BCUT2D eigenvalue weighted by Crippen LogP contribution is -2.36. The summed E-state index contributed by atoms with van der Waals surface area (Å²) < 4.78 is 20.0. The average Bonchev–Trinajstić information content (AvgIpc) is 2.88. The van der Waals surface area contributed by atoms with Crippen LogP contribution in [0.15, 0.2) is 109 Å². The predicted molar refractivity (Wildman–Crippen MR) is 130 cm³/mol. The zero-order valence-electron chi connectivity index (χ0n) is 17.8. The lowest BCUT2D eigenvalue weighted by atomic mass is 9.98. The molecule has 1 heterocycles. The maximum absolute atomic E-state index is 14.6. The number of hydrogen-bond acceptors (Lipinski definition) is 4. The van der Waals surface area contributed by atoms with E-state index in [0.29, 0.717) is 11.4 Å². The predicted octanol–water partition coefficient (Wildman–Crippen LogP) is 4.35. The smallest absolute Gasteiger partial charge is 0.205 e. The van der Waals surface area contributed by atoms with Crippen molar-refractivity contribution in [2.24, 2.45) is 5.73 Å². The molecule has 0 bridgehead atoms. The molecule has 1 aromatic heterocycles. The molecule has 2 unspecified atom stereocenters. The second-order valence-corrected chi connectivity index (χ2v) is 9.95. The van der Waals surface area contributed by atoms with Crippen LogP contribution in [0.25, 0.3) is 0 Å². The number of nitrogens with two attached hydrogens (primary N) is 1. The number of nitrogens with zero attached hydrogens (tertiary/aromatic N) is 1. The Bertz CT molecular complexity index is 1140. The van der Waals surface area contributed by atoms with E-state index < -0.39 is 19.4 Å². The minimum absolute atomic E-state index is 0.456. The van der Waals surface area contributed by atoms with Crippen molar-refractivity contribution in [3.8, 4) is 5.75 Å². The van der Waals surface area contributed by atoms with Gasteiger partial charge in [-0.1, -0.05) is 66.7 Å². The van der Waals surface area contributed by atoms with Crippen LogP contribution < -0.4 is 26.2 Å². The van der Waals surface area contributed by atoms with Gasteiger partial charge in [0.05, 0.1) is 24.9 Å². The number of pyridine rings is 1. The second kappa shape index (κ2) is 9.92. The van der Waals surface area contributed by atoms with E-state index in [1.54, 1.807) is 19.4 Å². The molecule has 0 fully saturated rings. The Hall–Kier alpha value is -3.24. The molecule has 0 amide bonds. The van der Waals surface area contributed by atoms with Crippen LogP contribution in [0.5, 0.6) is 5.75 Å². The number of rotatable bonds is 8. The number of nitrogens with one attached hydrogen (secondary N) is 1. The molecule has 0 saturated heterocycles. The Morgan fingerprint density at radius 1 is 0.844 bits per heavy atom. The van der Waals surface area contributed by atoms with Crippen LogP contribution in [-0.4, -0.2) is 12.1 Å². The normalized spacial score (nSPS) is 13.3. The molecule has 6 heteroatoms.